The van der Waals surface area contributed by atoms with Crippen molar-refractivity contribution in [1.29, 1.82) is 0 Å². The molecule has 8 nitrogen and oxygen atoms in total. The second-order valence-corrected chi connectivity index (χ2v) is 23.1. The molecule has 3 unspecified atom stereocenters. The Bertz CT molecular complexity index is 1100. The molecule has 67 heavy (non-hydrogen) atoms. The number of nitrogens with zero attached hydrogens (tertiary/aromatic N) is 1. The van der Waals surface area contributed by atoms with Crippen molar-refractivity contribution in [3.63, 3.8) is 0 Å². The van der Waals surface area contributed by atoms with E-state index in [-0.39, 0.29) is 19.1 Å². The minimum Gasteiger partial charge on any atom is -0.756 e. The summed E-state index contributed by atoms with van der Waals surface area (Å²) in [6.45, 7) is 4.74. The number of likely N-dealkylation sites (N-methyl/N-ethyl adjacent to an activating group) is 1. The van der Waals surface area contributed by atoms with Crippen molar-refractivity contribution in [1.82, 2.24) is 5.32 Å². The summed E-state index contributed by atoms with van der Waals surface area (Å²) in [5.74, 6) is -0.161. The van der Waals surface area contributed by atoms with Crippen LogP contribution in [0.5, 0.6) is 0 Å². The molecule has 0 aliphatic carbocycles. The van der Waals surface area contributed by atoms with Crippen LogP contribution in [0, 0.1) is 0 Å². The van der Waals surface area contributed by atoms with Crippen LogP contribution in [0.15, 0.2) is 12.2 Å². The number of unbranched alkanes of at least 4 members (excludes halogenated alkanes) is 40. The van der Waals surface area contributed by atoms with Crippen molar-refractivity contribution >= 4 is 13.7 Å². The Hall–Kier alpha value is -0.760. The van der Waals surface area contributed by atoms with Crippen LogP contribution in [0.4, 0.5) is 0 Å². The van der Waals surface area contributed by atoms with Gasteiger partial charge in [-0.25, -0.2) is 0 Å². The molecule has 0 aromatic carbocycles. The highest BCUT2D eigenvalue weighted by atomic mass is 31.2. The van der Waals surface area contributed by atoms with Gasteiger partial charge in [-0.05, 0) is 38.5 Å². The molecule has 0 saturated carbocycles. The summed E-state index contributed by atoms with van der Waals surface area (Å²) < 4.78 is 23.3. The van der Waals surface area contributed by atoms with Crippen molar-refractivity contribution < 1.29 is 32.9 Å². The first-order chi connectivity index (χ1) is 32.5. The number of nitrogens with one attached hydrogen (secondary N) is 1. The Labute approximate surface area is 418 Å². The van der Waals surface area contributed by atoms with Gasteiger partial charge in [-0.1, -0.05) is 270 Å². The minimum atomic E-state index is -4.56. The Morgan fingerprint density at radius 3 is 1.16 bits per heavy atom. The number of phosphoric ester groups is 1. The van der Waals surface area contributed by atoms with E-state index in [1.165, 1.54) is 238 Å². The van der Waals surface area contributed by atoms with Gasteiger partial charge in [0.05, 0.1) is 39.9 Å². The molecule has 3 atom stereocenters. The van der Waals surface area contributed by atoms with Crippen molar-refractivity contribution in [2.45, 2.75) is 315 Å². The van der Waals surface area contributed by atoms with Crippen LogP contribution in [0.3, 0.4) is 0 Å². The number of carbonyl (C=O) groups is 1. The van der Waals surface area contributed by atoms with Crippen LogP contribution in [0.2, 0.25) is 0 Å². The number of aliphatic hydroxyl groups excluding tert-OH is 1. The van der Waals surface area contributed by atoms with Gasteiger partial charge in [0.1, 0.15) is 13.2 Å². The summed E-state index contributed by atoms with van der Waals surface area (Å²) in [5.41, 5.74) is 0. The van der Waals surface area contributed by atoms with Crippen LogP contribution in [0.1, 0.15) is 303 Å². The number of rotatable bonds is 55. The summed E-state index contributed by atoms with van der Waals surface area (Å²) in [5, 5.41) is 13.9. The number of carbonyl (C=O) groups excluding carboxylic acids is 1. The van der Waals surface area contributed by atoms with Gasteiger partial charge < -0.3 is 28.8 Å². The molecule has 1 amide bonds. The fourth-order valence-corrected chi connectivity index (χ4v) is 9.82. The first-order valence-corrected chi connectivity index (χ1v) is 31.0. The lowest BCUT2D eigenvalue weighted by Crippen LogP contribution is -2.46. The lowest BCUT2D eigenvalue weighted by Gasteiger charge is -2.30. The largest absolute Gasteiger partial charge is 0.756 e. The van der Waals surface area contributed by atoms with Gasteiger partial charge in [0.25, 0.3) is 7.82 Å². The first-order valence-electron chi connectivity index (χ1n) is 29.5. The van der Waals surface area contributed by atoms with E-state index < -0.39 is 20.0 Å². The SMILES string of the molecule is CCCCCCCCCCCCCCCC/C=C\CCCCCCCCCCCCCCCCCCCC(=O)NC(COP(=O)([O-])OCC[N+](C)(C)C)C(O)CCCCCCCCCCCC. The number of quaternary nitrogens is 1. The van der Waals surface area contributed by atoms with Crippen molar-refractivity contribution in [3.8, 4) is 0 Å². The maximum Gasteiger partial charge on any atom is 0.268 e. The van der Waals surface area contributed by atoms with Gasteiger partial charge in [-0.15, -0.1) is 0 Å². The highest BCUT2D eigenvalue weighted by Gasteiger charge is 2.24. The number of amides is 1. The third kappa shape index (κ3) is 52.9. The predicted octanol–water partition coefficient (Wildman–Crippen LogP) is 17.2. The molecule has 0 spiro atoms. The Morgan fingerprint density at radius 1 is 0.507 bits per heavy atom. The molecular formula is C58H117N2O6P. The van der Waals surface area contributed by atoms with Crippen molar-refractivity contribution in [3.05, 3.63) is 12.2 Å². The molecular weight excluding hydrogens is 852 g/mol. The van der Waals surface area contributed by atoms with E-state index in [0.717, 1.165) is 38.5 Å². The van der Waals surface area contributed by atoms with Crippen LogP contribution < -0.4 is 10.2 Å². The third-order valence-electron chi connectivity index (χ3n) is 13.8. The molecule has 0 aromatic heterocycles. The van der Waals surface area contributed by atoms with E-state index >= 15 is 0 Å². The average Bonchev–Trinajstić information content (AvgIpc) is 3.29. The lowest BCUT2D eigenvalue weighted by atomic mass is 10.0. The maximum atomic E-state index is 12.9. The summed E-state index contributed by atoms with van der Waals surface area (Å²) >= 11 is 0. The van der Waals surface area contributed by atoms with E-state index in [2.05, 4.69) is 31.3 Å². The number of hydrogen-bond acceptors (Lipinski definition) is 6. The third-order valence-corrected chi connectivity index (χ3v) is 14.7. The smallest absolute Gasteiger partial charge is 0.268 e. The molecule has 2 N–H and O–H groups in total. The molecule has 0 aliphatic rings. The zero-order valence-electron chi connectivity index (χ0n) is 45.6. The summed E-state index contributed by atoms with van der Waals surface area (Å²) in [4.78, 5) is 25.4. The standard InChI is InChI=1S/C58H117N2O6P/c1-6-8-10-12-14-16-18-19-20-21-22-23-24-25-26-27-28-29-30-31-32-33-34-35-36-37-38-39-40-41-42-44-46-48-50-52-58(62)59-56(55-66-67(63,64)65-54-53-60(3,4)5)57(61)51-49-47-45-43-17-15-13-11-9-7-2/h27-28,56-57,61H,6-26,29-55H2,1-5H3,(H-,59,62,63,64)/b28-27-. The van der Waals surface area contributed by atoms with E-state index in [9.17, 15) is 19.4 Å². The summed E-state index contributed by atoms with van der Waals surface area (Å²) in [6, 6.07) is -0.795. The number of phosphoric acid groups is 1. The molecule has 0 heterocycles. The highest BCUT2D eigenvalue weighted by molar-refractivity contribution is 7.45. The topological polar surface area (TPSA) is 108 Å². The van der Waals surface area contributed by atoms with Gasteiger partial charge in [0.15, 0.2) is 0 Å². The van der Waals surface area contributed by atoms with Crippen LogP contribution in [-0.4, -0.2) is 68.5 Å². The van der Waals surface area contributed by atoms with Gasteiger partial charge in [0, 0.05) is 6.42 Å². The number of aliphatic hydroxyl groups is 1. The maximum absolute atomic E-state index is 12.9. The normalized spacial score (nSPS) is 14.0. The molecule has 0 radical (unpaired) electrons. The second-order valence-electron chi connectivity index (χ2n) is 21.7. The fraction of sp³-hybridized carbons (Fsp3) is 0.948. The highest BCUT2D eigenvalue weighted by Crippen LogP contribution is 2.38. The van der Waals surface area contributed by atoms with E-state index in [0.29, 0.717) is 23.9 Å². The van der Waals surface area contributed by atoms with E-state index in [4.69, 9.17) is 9.05 Å². The van der Waals surface area contributed by atoms with E-state index in [1.807, 2.05) is 21.1 Å². The molecule has 9 heteroatoms. The van der Waals surface area contributed by atoms with Crippen LogP contribution in [-0.2, 0) is 18.4 Å². The predicted molar refractivity (Wildman–Crippen MR) is 289 cm³/mol. The molecule has 0 rings (SSSR count). The van der Waals surface area contributed by atoms with Gasteiger partial charge >= 0.3 is 0 Å². The van der Waals surface area contributed by atoms with Gasteiger partial charge in [-0.2, -0.15) is 0 Å². The molecule has 0 aromatic rings. The second kappa shape index (κ2) is 50.2. The van der Waals surface area contributed by atoms with Crippen molar-refractivity contribution in [2.24, 2.45) is 0 Å². The van der Waals surface area contributed by atoms with Crippen molar-refractivity contribution in [2.75, 3.05) is 40.9 Å². The Balaban J connectivity index is 3.85. The molecule has 0 aliphatic heterocycles. The molecule has 0 saturated heterocycles. The van der Waals surface area contributed by atoms with Crippen LogP contribution >= 0.6 is 7.82 Å². The Morgan fingerprint density at radius 2 is 0.821 bits per heavy atom. The molecule has 400 valence electrons. The van der Waals surface area contributed by atoms with Gasteiger partial charge in [0.2, 0.25) is 5.91 Å². The number of hydrogen-bond donors (Lipinski definition) is 2. The molecule has 0 fully saturated rings. The minimum absolute atomic E-state index is 0.0149. The zero-order valence-corrected chi connectivity index (χ0v) is 46.5. The Kier molecular flexibility index (Phi) is 49.6. The quantitative estimate of drug-likeness (QED) is 0.0272. The first kappa shape index (κ1) is 66.2. The average molecular weight is 970 g/mol. The lowest BCUT2D eigenvalue weighted by molar-refractivity contribution is -0.870. The zero-order chi connectivity index (χ0) is 49.2. The fourth-order valence-electron chi connectivity index (χ4n) is 9.10. The van der Waals surface area contributed by atoms with E-state index in [1.54, 1.807) is 0 Å². The number of allylic oxidation sites excluding steroid dienone is 2. The summed E-state index contributed by atoms with van der Waals surface area (Å²) in [7, 11) is 1.32. The van der Waals surface area contributed by atoms with Crippen LogP contribution in [0.25, 0.3) is 0 Å². The molecule has 0 bridgehead atoms. The summed E-state index contributed by atoms with van der Waals surface area (Å²) in [6.07, 6.45) is 61.4. The monoisotopic (exact) mass is 969 g/mol. The van der Waals surface area contributed by atoms with Gasteiger partial charge in [-0.3, -0.25) is 9.36 Å².